The maximum atomic E-state index is 13.1. The van der Waals surface area contributed by atoms with Crippen LogP contribution in [0.2, 0.25) is 0 Å². The molecule has 6 heteroatoms. The molecule has 2 aliphatic rings. The molecule has 2 amide bonds. The number of benzene rings is 2. The summed E-state index contributed by atoms with van der Waals surface area (Å²) in [5.74, 6) is 1.34. The van der Waals surface area contributed by atoms with Gasteiger partial charge in [0.25, 0.3) is 5.91 Å². The second-order valence-corrected chi connectivity index (χ2v) is 8.35. The van der Waals surface area contributed by atoms with Gasteiger partial charge in [-0.1, -0.05) is 36.4 Å². The average molecular weight is 418 g/mol. The van der Waals surface area contributed by atoms with Crippen molar-refractivity contribution in [3.63, 3.8) is 0 Å². The summed E-state index contributed by atoms with van der Waals surface area (Å²) in [6, 6.07) is 17.2. The molecule has 0 radical (unpaired) electrons. The molecule has 5 rings (SSSR count). The van der Waals surface area contributed by atoms with Gasteiger partial charge >= 0.3 is 0 Å². The summed E-state index contributed by atoms with van der Waals surface area (Å²) in [5.41, 5.74) is 1.42. The van der Waals surface area contributed by atoms with E-state index in [0.29, 0.717) is 24.4 Å². The minimum Gasteiger partial charge on any atom is -0.489 e. The third kappa shape index (κ3) is 4.29. The number of hydrogen-bond donors (Lipinski definition) is 1. The highest BCUT2D eigenvalue weighted by atomic mass is 16.5. The van der Waals surface area contributed by atoms with E-state index < -0.39 is 0 Å². The first kappa shape index (κ1) is 19.7. The van der Waals surface area contributed by atoms with Crippen molar-refractivity contribution in [2.75, 3.05) is 13.1 Å². The Morgan fingerprint density at radius 1 is 0.968 bits per heavy atom. The van der Waals surface area contributed by atoms with Crippen molar-refractivity contribution in [3.8, 4) is 5.75 Å². The topological polar surface area (TPSA) is 71.8 Å². The number of nitrogens with one attached hydrogen (secondary N) is 1. The quantitative estimate of drug-likeness (QED) is 0.653. The summed E-state index contributed by atoms with van der Waals surface area (Å²) < 4.78 is 11.9. The molecule has 1 saturated carbocycles. The van der Waals surface area contributed by atoms with Crippen LogP contribution in [0, 0.1) is 5.92 Å². The number of ether oxygens (including phenoxy) is 1. The van der Waals surface area contributed by atoms with Crippen LogP contribution >= 0.6 is 0 Å². The van der Waals surface area contributed by atoms with Crippen molar-refractivity contribution in [1.82, 2.24) is 10.2 Å². The molecule has 3 aromatic rings. The molecule has 1 aliphatic carbocycles. The summed E-state index contributed by atoms with van der Waals surface area (Å²) >= 11 is 0. The van der Waals surface area contributed by atoms with Crippen molar-refractivity contribution in [3.05, 3.63) is 65.9 Å². The number of rotatable bonds is 6. The van der Waals surface area contributed by atoms with Crippen LogP contribution in [0.1, 0.15) is 41.8 Å². The molecule has 1 aliphatic heterocycles. The fourth-order valence-electron chi connectivity index (χ4n) is 4.18. The number of piperidine rings is 1. The molecule has 31 heavy (non-hydrogen) atoms. The number of fused-ring (bicyclic) bond motifs is 1. The molecule has 2 fully saturated rings. The Morgan fingerprint density at radius 3 is 2.42 bits per heavy atom. The molecule has 2 aromatic carbocycles. The van der Waals surface area contributed by atoms with Gasteiger partial charge in [-0.15, -0.1) is 0 Å². The van der Waals surface area contributed by atoms with Gasteiger partial charge in [-0.2, -0.15) is 0 Å². The van der Waals surface area contributed by atoms with Crippen LogP contribution in [0.3, 0.4) is 0 Å². The minimum atomic E-state index is -0.227. The number of furan rings is 1. The fourth-order valence-corrected chi connectivity index (χ4v) is 4.18. The van der Waals surface area contributed by atoms with Crippen LogP contribution in [0.4, 0.5) is 0 Å². The summed E-state index contributed by atoms with van der Waals surface area (Å²) in [4.78, 5) is 27.3. The van der Waals surface area contributed by atoms with Crippen LogP contribution in [0.5, 0.6) is 5.75 Å². The highest BCUT2D eigenvalue weighted by Gasteiger charge is 2.35. The molecule has 160 valence electrons. The number of likely N-dealkylation sites (tertiary alicyclic amines) is 1. The maximum absolute atomic E-state index is 13.1. The molecule has 0 atom stereocenters. The summed E-state index contributed by atoms with van der Waals surface area (Å²) in [7, 11) is 0. The Kier molecular flexibility index (Phi) is 5.37. The van der Waals surface area contributed by atoms with Crippen LogP contribution in [0.15, 0.2) is 59.0 Å². The predicted octanol–water partition coefficient (Wildman–Crippen LogP) is 4.14. The first-order chi connectivity index (χ1) is 15.2. The van der Waals surface area contributed by atoms with Crippen LogP contribution in [0.25, 0.3) is 11.0 Å². The molecule has 1 aromatic heterocycles. The Morgan fingerprint density at radius 2 is 1.68 bits per heavy atom. The van der Waals surface area contributed by atoms with Crippen molar-refractivity contribution >= 4 is 22.8 Å². The Labute approximate surface area is 181 Å². The lowest BCUT2D eigenvalue weighted by Crippen LogP contribution is -2.47. The maximum Gasteiger partial charge on any atom is 0.287 e. The normalized spacial score (nSPS) is 17.0. The lowest BCUT2D eigenvalue weighted by atomic mass is 10.0. The molecule has 0 spiro atoms. The summed E-state index contributed by atoms with van der Waals surface area (Å²) in [5, 5.41) is 4.00. The second-order valence-electron chi connectivity index (χ2n) is 8.35. The van der Waals surface area contributed by atoms with Gasteiger partial charge in [-0.3, -0.25) is 9.59 Å². The zero-order valence-corrected chi connectivity index (χ0v) is 17.4. The summed E-state index contributed by atoms with van der Waals surface area (Å²) in [6.45, 7) is 1.65. The SMILES string of the molecule is O=C(NC1CCN(C(=O)C2CC2)CC1)c1oc2ccccc2c1COc1ccccc1. The number of carbonyl (C=O) groups is 2. The van der Waals surface area contributed by atoms with E-state index in [9.17, 15) is 9.59 Å². The first-order valence-electron chi connectivity index (χ1n) is 11.0. The van der Waals surface area contributed by atoms with Gasteiger partial charge in [0.05, 0.1) is 0 Å². The van der Waals surface area contributed by atoms with Crippen molar-refractivity contribution in [2.24, 2.45) is 5.92 Å². The molecule has 1 N–H and O–H groups in total. The molecule has 2 heterocycles. The number of para-hydroxylation sites is 2. The van der Waals surface area contributed by atoms with Gasteiger partial charge in [0.1, 0.15) is 17.9 Å². The highest BCUT2D eigenvalue weighted by Crippen LogP contribution is 2.32. The standard InChI is InChI=1S/C25H26N2O4/c28-24(26-18-12-14-27(15-13-18)25(29)17-10-11-17)23-21(16-30-19-6-2-1-3-7-19)20-8-4-5-9-22(20)31-23/h1-9,17-18H,10-16H2,(H,26,28). The van der Waals surface area contributed by atoms with Crippen molar-refractivity contribution in [1.29, 1.82) is 0 Å². The van der Waals surface area contributed by atoms with E-state index in [1.807, 2.05) is 59.5 Å². The highest BCUT2D eigenvalue weighted by molar-refractivity contribution is 5.99. The van der Waals surface area contributed by atoms with E-state index in [4.69, 9.17) is 9.15 Å². The van der Waals surface area contributed by atoms with Crippen LogP contribution in [-0.2, 0) is 11.4 Å². The molecular weight excluding hydrogens is 392 g/mol. The third-order valence-electron chi connectivity index (χ3n) is 6.10. The molecule has 1 saturated heterocycles. The van der Waals surface area contributed by atoms with Gasteiger partial charge in [0, 0.05) is 36.0 Å². The van der Waals surface area contributed by atoms with Crippen LogP contribution < -0.4 is 10.1 Å². The molecule has 0 unspecified atom stereocenters. The lowest BCUT2D eigenvalue weighted by molar-refractivity contribution is -0.133. The molecular formula is C25H26N2O4. The second kappa shape index (κ2) is 8.46. The van der Waals surface area contributed by atoms with Gasteiger partial charge in [0.15, 0.2) is 5.76 Å². The first-order valence-corrected chi connectivity index (χ1v) is 11.0. The third-order valence-corrected chi connectivity index (χ3v) is 6.10. The average Bonchev–Trinajstić information content (AvgIpc) is 3.59. The monoisotopic (exact) mass is 418 g/mol. The van der Waals surface area contributed by atoms with E-state index in [0.717, 1.165) is 42.4 Å². The number of carbonyl (C=O) groups excluding carboxylic acids is 2. The van der Waals surface area contributed by atoms with Crippen LogP contribution in [-0.4, -0.2) is 35.8 Å². The van der Waals surface area contributed by atoms with Crippen molar-refractivity contribution < 1.29 is 18.7 Å². The number of nitrogens with zero attached hydrogens (tertiary/aromatic N) is 1. The predicted molar refractivity (Wildman–Crippen MR) is 117 cm³/mol. The van der Waals surface area contributed by atoms with Gasteiger partial charge in [-0.25, -0.2) is 0 Å². The minimum absolute atomic E-state index is 0.0341. The van der Waals surface area contributed by atoms with E-state index in [1.165, 1.54) is 0 Å². The van der Waals surface area contributed by atoms with Gasteiger partial charge in [0.2, 0.25) is 5.91 Å². The van der Waals surface area contributed by atoms with Gasteiger partial charge < -0.3 is 19.4 Å². The molecule has 6 nitrogen and oxygen atoms in total. The van der Waals surface area contributed by atoms with E-state index in [1.54, 1.807) is 0 Å². The van der Waals surface area contributed by atoms with E-state index in [2.05, 4.69) is 5.32 Å². The lowest BCUT2D eigenvalue weighted by Gasteiger charge is -2.32. The largest absolute Gasteiger partial charge is 0.489 e. The summed E-state index contributed by atoms with van der Waals surface area (Å²) in [6.07, 6.45) is 3.57. The van der Waals surface area contributed by atoms with Gasteiger partial charge in [-0.05, 0) is 43.9 Å². The van der Waals surface area contributed by atoms with E-state index >= 15 is 0 Å². The van der Waals surface area contributed by atoms with E-state index in [-0.39, 0.29) is 30.4 Å². The zero-order valence-electron chi connectivity index (χ0n) is 17.4. The van der Waals surface area contributed by atoms with Crippen molar-refractivity contribution in [2.45, 2.75) is 38.3 Å². The Balaban J connectivity index is 1.28. The zero-order chi connectivity index (χ0) is 21.2. The number of hydrogen-bond acceptors (Lipinski definition) is 4. The Hall–Kier alpha value is -3.28. The Bertz CT molecular complexity index is 1080. The molecule has 0 bridgehead atoms. The fraction of sp³-hybridized carbons (Fsp3) is 0.360. The number of amides is 2. The smallest absolute Gasteiger partial charge is 0.287 e.